The van der Waals surface area contributed by atoms with Gasteiger partial charge in [0.25, 0.3) is 0 Å². The Kier molecular flexibility index (Phi) is 4.19. The van der Waals surface area contributed by atoms with Crippen molar-refractivity contribution in [3.8, 4) is 11.3 Å². The third kappa shape index (κ3) is 2.96. The van der Waals surface area contributed by atoms with Gasteiger partial charge in [-0.15, -0.1) is 11.3 Å². The highest BCUT2D eigenvalue weighted by Gasteiger charge is 2.26. The summed E-state index contributed by atoms with van der Waals surface area (Å²) in [5, 5.41) is 5.17. The molecule has 0 unspecified atom stereocenters. The van der Waals surface area contributed by atoms with E-state index in [1.165, 1.54) is 4.88 Å². The standard InChI is InChI=1S/C19H22N4O2S/c1-11-9-12(2)23(21-11)8-7-17(24)22(4)19-20-18-14-10-13(3)25-15(14)5-6-16(18)26-19/h9-10H,5-8H2,1-4H3. The molecule has 3 heterocycles. The summed E-state index contributed by atoms with van der Waals surface area (Å²) in [6, 6.07) is 4.06. The lowest BCUT2D eigenvalue weighted by Gasteiger charge is -2.14. The highest BCUT2D eigenvalue weighted by Crippen LogP contribution is 2.40. The summed E-state index contributed by atoms with van der Waals surface area (Å²) in [5.41, 5.74) is 4.10. The molecule has 0 atom stereocenters. The lowest BCUT2D eigenvalue weighted by Crippen LogP contribution is -2.27. The lowest BCUT2D eigenvalue weighted by molar-refractivity contribution is -0.118. The van der Waals surface area contributed by atoms with Gasteiger partial charge in [-0.3, -0.25) is 14.4 Å². The summed E-state index contributed by atoms with van der Waals surface area (Å²) in [6.45, 7) is 6.51. The van der Waals surface area contributed by atoms with E-state index in [9.17, 15) is 4.79 Å². The third-order valence-electron chi connectivity index (χ3n) is 4.75. The summed E-state index contributed by atoms with van der Waals surface area (Å²) in [7, 11) is 1.80. The van der Waals surface area contributed by atoms with Gasteiger partial charge in [0, 0.05) is 42.6 Å². The highest BCUT2D eigenvalue weighted by atomic mass is 32.1. The lowest BCUT2D eigenvalue weighted by atomic mass is 10.0. The highest BCUT2D eigenvalue weighted by molar-refractivity contribution is 7.16. The molecular weight excluding hydrogens is 348 g/mol. The number of furan rings is 1. The number of amides is 1. The molecule has 3 aromatic rings. The van der Waals surface area contributed by atoms with Gasteiger partial charge in [0.2, 0.25) is 5.91 Å². The van der Waals surface area contributed by atoms with E-state index in [0.29, 0.717) is 13.0 Å². The molecule has 1 aliphatic rings. The predicted molar refractivity (Wildman–Crippen MR) is 102 cm³/mol. The quantitative estimate of drug-likeness (QED) is 0.703. The Bertz CT molecular complexity index is 982. The third-order valence-corrected chi connectivity index (χ3v) is 5.95. The molecule has 0 bridgehead atoms. The SMILES string of the molecule is Cc1cc(C)n(CCC(=O)N(C)c2nc3c(s2)CCc2oc(C)cc2-3)n1. The number of fused-ring (bicyclic) bond motifs is 3. The van der Waals surface area contributed by atoms with Gasteiger partial charge in [0.1, 0.15) is 11.5 Å². The van der Waals surface area contributed by atoms with Gasteiger partial charge < -0.3 is 4.42 Å². The zero-order chi connectivity index (χ0) is 18.4. The molecule has 0 N–H and O–H groups in total. The minimum Gasteiger partial charge on any atom is -0.466 e. The average Bonchev–Trinajstić information content (AvgIpc) is 3.27. The van der Waals surface area contributed by atoms with Crippen LogP contribution in [-0.4, -0.2) is 27.7 Å². The normalized spacial score (nSPS) is 12.8. The van der Waals surface area contributed by atoms with Gasteiger partial charge in [-0.25, -0.2) is 4.98 Å². The first kappa shape index (κ1) is 17.0. The number of carbonyl (C=O) groups excluding carboxylic acids is 1. The van der Waals surface area contributed by atoms with Gasteiger partial charge in [0.05, 0.1) is 11.4 Å². The number of hydrogen-bond donors (Lipinski definition) is 0. The molecule has 0 saturated carbocycles. The van der Waals surface area contributed by atoms with E-state index in [4.69, 9.17) is 9.40 Å². The van der Waals surface area contributed by atoms with Crippen LogP contribution < -0.4 is 4.90 Å². The molecule has 0 saturated heterocycles. The van der Waals surface area contributed by atoms with E-state index in [1.807, 2.05) is 37.6 Å². The van der Waals surface area contributed by atoms with Crippen molar-refractivity contribution in [1.29, 1.82) is 0 Å². The zero-order valence-electron chi connectivity index (χ0n) is 15.5. The number of carbonyl (C=O) groups is 1. The molecule has 0 spiro atoms. The van der Waals surface area contributed by atoms with Crippen LogP contribution in [0.3, 0.4) is 0 Å². The smallest absolute Gasteiger partial charge is 0.230 e. The summed E-state index contributed by atoms with van der Waals surface area (Å²) in [4.78, 5) is 20.3. The second-order valence-electron chi connectivity index (χ2n) is 6.82. The van der Waals surface area contributed by atoms with Crippen molar-refractivity contribution >= 4 is 22.4 Å². The van der Waals surface area contributed by atoms with Crippen LogP contribution in [0.4, 0.5) is 5.13 Å². The monoisotopic (exact) mass is 370 g/mol. The second-order valence-corrected chi connectivity index (χ2v) is 7.88. The van der Waals surface area contributed by atoms with Crippen LogP contribution in [-0.2, 0) is 24.2 Å². The van der Waals surface area contributed by atoms with Crippen LogP contribution in [0, 0.1) is 20.8 Å². The first-order valence-electron chi connectivity index (χ1n) is 8.79. The van der Waals surface area contributed by atoms with Crippen LogP contribution in [0.1, 0.15) is 34.2 Å². The maximum atomic E-state index is 12.6. The Hall–Kier alpha value is -2.41. The number of rotatable bonds is 4. The zero-order valence-corrected chi connectivity index (χ0v) is 16.3. The summed E-state index contributed by atoms with van der Waals surface area (Å²) < 4.78 is 7.64. The number of aromatic nitrogens is 3. The van der Waals surface area contributed by atoms with Crippen LogP contribution in [0.15, 0.2) is 16.5 Å². The molecule has 0 aliphatic heterocycles. The van der Waals surface area contributed by atoms with Crippen molar-refractivity contribution in [2.75, 3.05) is 11.9 Å². The Balaban J connectivity index is 1.50. The summed E-state index contributed by atoms with van der Waals surface area (Å²) in [5.74, 6) is 1.96. The number of anilines is 1. The van der Waals surface area contributed by atoms with Crippen LogP contribution in [0.2, 0.25) is 0 Å². The van der Waals surface area contributed by atoms with Crippen molar-refractivity contribution in [3.63, 3.8) is 0 Å². The average molecular weight is 370 g/mol. The van der Waals surface area contributed by atoms with E-state index in [1.54, 1.807) is 23.3 Å². The van der Waals surface area contributed by atoms with Crippen LogP contribution >= 0.6 is 11.3 Å². The number of nitrogens with zero attached hydrogens (tertiary/aromatic N) is 4. The molecule has 26 heavy (non-hydrogen) atoms. The van der Waals surface area contributed by atoms with Crippen LogP contribution in [0.25, 0.3) is 11.3 Å². The number of aryl methyl sites for hydroxylation is 6. The van der Waals surface area contributed by atoms with E-state index in [2.05, 4.69) is 5.10 Å². The predicted octanol–water partition coefficient (Wildman–Crippen LogP) is 3.68. The Morgan fingerprint density at radius 3 is 2.85 bits per heavy atom. The van der Waals surface area contributed by atoms with Gasteiger partial charge in [0.15, 0.2) is 5.13 Å². The molecule has 4 rings (SSSR count). The molecule has 136 valence electrons. The fourth-order valence-electron chi connectivity index (χ4n) is 3.42. The maximum Gasteiger partial charge on any atom is 0.230 e. The van der Waals surface area contributed by atoms with Gasteiger partial charge >= 0.3 is 0 Å². The number of hydrogen-bond acceptors (Lipinski definition) is 5. The minimum atomic E-state index is 0.0484. The molecule has 0 fully saturated rings. The Morgan fingerprint density at radius 2 is 2.12 bits per heavy atom. The molecule has 6 nitrogen and oxygen atoms in total. The van der Waals surface area contributed by atoms with E-state index < -0.39 is 0 Å². The Morgan fingerprint density at radius 1 is 1.31 bits per heavy atom. The summed E-state index contributed by atoms with van der Waals surface area (Å²) in [6.07, 6.45) is 2.22. The fraction of sp³-hybridized carbons (Fsp3) is 0.421. The first-order valence-corrected chi connectivity index (χ1v) is 9.61. The van der Waals surface area contributed by atoms with Crippen molar-refractivity contribution < 1.29 is 9.21 Å². The van der Waals surface area contributed by atoms with Gasteiger partial charge in [-0.05, 0) is 39.3 Å². The van der Waals surface area contributed by atoms with Crippen molar-refractivity contribution in [2.45, 2.75) is 46.6 Å². The first-order chi connectivity index (χ1) is 12.4. The molecular formula is C19H22N4O2S. The number of thiazole rings is 1. The maximum absolute atomic E-state index is 12.6. The minimum absolute atomic E-state index is 0.0484. The second kappa shape index (κ2) is 6.39. The van der Waals surface area contributed by atoms with Gasteiger partial charge in [-0.1, -0.05) is 0 Å². The molecule has 0 radical (unpaired) electrons. The fourth-order valence-corrected chi connectivity index (χ4v) is 4.47. The van der Waals surface area contributed by atoms with E-state index in [-0.39, 0.29) is 5.91 Å². The summed E-state index contributed by atoms with van der Waals surface area (Å²) >= 11 is 1.60. The molecule has 0 aromatic carbocycles. The van der Waals surface area contributed by atoms with Gasteiger partial charge in [-0.2, -0.15) is 5.10 Å². The van der Waals surface area contributed by atoms with Crippen molar-refractivity contribution in [1.82, 2.24) is 14.8 Å². The molecule has 1 amide bonds. The molecule has 1 aliphatic carbocycles. The van der Waals surface area contributed by atoms with Crippen molar-refractivity contribution in [2.24, 2.45) is 0 Å². The Labute approximate surface area is 156 Å². The topological polar surface area (TPSA) is 64.2 Å². The molecule has 3 aromatic heterocycles. The van der Waals surface area contributed by atoms with Crippen molar-refractivity contribution in [3.05, 3.63) is 39.9 Å². The van der Waals surface area contributed by atoms with Crippen LogP contribution in [0.5, 0.6) is 0 Å². The van der Waals surface area contributed by atoms with E-state index in [0.717, 1.165) is 52.1 Å². The largest absolute Gasteiger partial charge is 0.466 e. The molecule has 7 heteroatoms. The van der Waals surface area contributed by atoms with E-state index >= 15 is 0 Å².